The number of nitrogens with one attached hydrogen (secondary N) is 1. The number of carbonyl (C=O) groups is 2. The lowest BCUT2D eigenvalue weighted by molar-refractivity contribution is -0.144. The molecule has 0 aliphatic heterocycles. The van der Waals surface area contributed by atoms with Crippen LogP contribution in [-0.2, 0) is 23.1 Å². The van der Waals surface area contributed by atoms with Crippen molar-refractivity contribution in [2.24, 2.45) is 7.05 Å². The number of aryl methyl sites for hydroxylation is 3. The van der Waals surface area contributed by atoms with Crippen LogP contribution in [0, 0.1) is 13.8 Å². The van der Waals surface area contributed by atoms with Gasteiger partial charge < -0.3 is 19.7 Å². The van der Waals surface area contributed by atoms with Crippen LogP contribution in [0.5, 0.6) is 0 Å². The Morgan fingerprint density at radius 1 is 1.10 bits per heavy atom. The van der Waals surface area contributed by atoms with Gasteiger partial charge in [0.05, 0.1) is 12.5 Å². The van der Waals surface area contributed by atoms with Crippen LogP contribution in [-0.4, -0.2) is 35.3 Å². The highest BCUT2D eigenvalue weighted by atomic mass is 16.5. The first-order chi connectivity index (χ1) is 14.8. The van der Waals surface area contributed by atoms with Gasteiger partial charge in [-0.05, 0) is 62.1 Å². The molecule has 0 saturated carbocycles. The van der Waals surface area contributed by atoms with Crippen molar-refractivity contribution in [2.45, 2.75) is 40.2 Å². The molecule has 6 nitrogen and oxygen atoms in total. The number of aromatic nitrogens is 1. The second kappa shape index (κ2) is 10.8. The van der Waals surface area contributed by atoms with Crippen molar-refractivity contribution >= 4 is 22.8 Å². The third-order valence-electron chi connectivity index (χ3n) is 5.32. The van der Waals surface area contributed by atoms with E-state index in [-0.39, 0.29) is 17.8 Å². The van der Waals surface area contributed by atoms with Gasteiger partial charge in [0.15, 0.2) is 0 Å². The van der Waals surface area contributed by atoms with E-state index in [1.165, 1.54) is 11.1 Å². The lowest BCUT2D eigenvalue weighted by atomic mass is 10.00. The van der Waals surface area contributed by atoms with E-state index < -0.39 is 0 Å². The Morgan fingerprint density at radius 2 is 1.74 bits per heavy atom. The minimum Gasteiger partial charge on any atom is -0.466 e. The number of rotatable bonds is 6. The number of amides is 1. The summed E-state index contributed by atoms with van der Waals surface area (Å²) in [7, 11) is 2.92. The van der Waals surface area contributed by atoms with Crippen LogP contribution in [0.3, 0.4) is 0 Å². The van der Waals surface area contributed by atoms with Crippen molar-refractivity contribution in [2.75, 3.05) is 13.7 Å². The Morgan fingerprint density at radius 3 is 2.35 bits per heavy atom. The van der Waals surface area contributed by atoms with Crippen molar-refractivity contribution < 1.29 is 19.4 Å². The molecule has 0 aliphatic carbocycles. The molecule has 1 heterocycles. The molecule has 0 fully saturated rings. The van der Waals surface area contributed by atoms with Crippen molar-refractivity contribution in [1.82, 2.24) is 9.88 Å². The number of carbonyl (C=O) groups excluding carboxylic acids is 2. The van der Waals surface area contributed by atoms with E-state index in [0.717, 1.165) is 29.1 Å². The van der Waals surface area contributed by atoms with E-state index in [1.807, 2.05) is 48.9 Å². The summed E-state index contributed by atoms with van der Waals surface area (Å²) in [6.07, 6.45) is 0. The average molecular weight is 425 g/mol. The molecule has 0 aliphatic rings. The summed E-state index contributed by atoms with van der Waals surface area (Å²) < 4.78 is 7.01. The third kappa shape index (κ3) is 5.52. The van der Waals surface area contributed by atoms with Gasteiger partial charge in [-0.3, -0.25) is 9.59 Å². The zero-order valence-corrected chi connectivity index (χ0v) is 19.2. The highest BCUT2D eigenvalue weighted by molar-refractivity contribution is 5.99. The Hall–Kier alpha value is -3.12. The summed E-state index contributed by atoms with van der Waals surface area (Å²) in [4.78, 5) is 24.6. The van der Waals surface area contributed by atoms with Crippen LogP contribution in [0.25, 0.3) is 10.9 Å². The second-order valence-electron chi connectivity index (χ2n) is 7.50. The van der Waals surface area contributed by atoms with Gasteiger partial charge in [0.25, 0.3) is 5.91 Å². The second-order valence-corrected chi connectivity index (χ2v) is 7.50. The topological polar surface area (TPSA) is 80.6 Å². The van der Waals surface area contributed by atoms with Gasteiger partial charge in [-0.25, -0.2) is 0 Å². The summed E-state index contributed by atoms with van der Waals surface area (Å²) in [5, 5.41) is 11.1. The van der Waals surface area contributed by atoms with E-state index in [0.29, 0.717) is 18.8 Å². The Bertz CT molecular complexity index is 1050. The quantitative estimate of drug-likeness (QED) is 0.586. The lowest BCUT2D eigenvalue weighted by Gasteiger charge is -2.12. The van der Waals surface area contributed by atoms with Crippen molar-refractivity contribution in [3.05, 3.63) is 70.4 Å². The van der Waals surface area contributed by atoms with E-state index >= 15 is 0 Å². The molecular formula is C25H32N2O4. The van der Waals surface area contributed by atoms with E-state index in [2.05, 4.69) is 31.3 Å². The molecule has 1 unspecified atom stereocenters. The largest absolute Gasteiger partial charge is 0.466 e. The number of hydrogen-bond donors (Lipinski definition) is 2. The molecule has 3 rings (SSSR count). The maximum absolute atomic E-state index is 12.7. The van der Waals surface area contributed by atoms with Crippen molar-refractivity contribution in [3.8, 4) is 0 Å². The fraction of sp³-hybridized carbons (Fsp3) is 0.360. The summed E-state index contributed by atoms with van der Waals surface area (Å²) >= 11 is 0. The van der Waals surface area contributed by atoms with Gasteiger partial charge in [0.2, 0.25) is 0 Å². The van der Waals surface area contributed by atoms with E-state index in [4.69, 9.17) is 9.84 Å². The first-order valence-corrected chi connectivity index (χ1v) is 10.4. The minimum atomic E-state index is -0.305. The molecule has 3 aromatic rings. The summed E-state index contributed by atoms with van der Waals surface area (Å²) in [5.41, 5.74) is 5.93. The van der Waals surface area contributed by atoms with Gasteiger partial charge >= 0.3 is 5.97 Å². The number of benzene rings is 2. The third-order valence-corrected chi connectivity index (χ3v) is 5.32. The number of ether oxygens (including phenoxy) is 1. The van der Waals surface area contributed by atoms with Crippen molar-refractivity contribution in [1.29, 1.82) is 0 Å². The molecule has 0 bridgehead atoms. The Kier molecular flexibility index (Phi) is 8.39. The zero-order chi connectivity index (χ0) is 23.1. The molecule has 2 aromatic carbocycles. The van der Waals surface area contributed by atoms with Gasteiger partial charge in [-0.1, -0.05) is 30.3 Å². The van der Waals surface area contributed by atoms with Gasteiger partial charge in [0, 0.05) is 31.6 Å². The fourth-order valence-electron chi connectivity index (χ4n) is 3.60. The van der Waals surface area contributed by atoms with E-state index in [9.17, 15) is 9.59 Å². The van der Waals surface area contributed by atoms with Crippen LogP contribution in [0.1, 0.15) is 52.5 Å². The smallest absolute Gasteiger partial charge is 0.313 e. The predicted octanol–water partition coefficient (Wildman–Crippen LogP) is 4.00. The van der Waals surface area contributed by atoms with Gasteiger partial charge in [-0.2, -0.15) is 0 Å². The summed E-state index contributed by atoms with van der Waals surface area (Å²) in [5.74, 6) is -0.638. The first kappa shape index (κ1) is 24.2. The summed E-state index contributed by atoms with van der Waals surface area (Å²) in [6.45, 7) is 8.56. The molecule has 31 heavy (non-hydrogen) atoms. The van der Waals surface area contributed by atoms with Crippen LogP contribution < -0.4 is 5.32 Å². The van der Waals surface area contributed by atoms with Crippen LogP contribution in [0.2, 0.25) is 0 Å². The molecule has 1 aromatic heterocycles. The molecule has 0 saturated heterocycles. The van der Waals surface area contributed by atoms with Gasteiger partial charge in [0.1, 0.15) is 5.69 Å². The number of nitrogens with zero attached hydrogens (tertiary/aromatic N) is 1. The SMILES string of the molecule is CCOC(=O)C(C)c1ccc(CNC(=O)c2cc3c(C)cc(C)cc3n2C)cc1.CO. The normalized spacial score (nSPS) is 11.5. The molecule has 1 amide bonds. The molecule has 166 valence electrons. The maximum Gasteiger partial charge on any atom is 0.313 e. The standard InChI is InChI=1S/C24H28N2O3.CH4O/c1-6-29-24(28)17(4)19-9-7-18(8-10-19)14-25-23(27)22-13-20-16(3)11-15(2)12-21(20)26(22)5;1-2/h7-13,17H,6,14H2,1-5H3,(H,25,27);2H,1H3. The Labute approximate surface area is 183 Å². The summed E-state index contributed by atoms with van der Waals surface area (Å²) in [6, 6.07) is 13.9. The lowest BCUT2D eigenvalue weighted by Crippen LogP contribution is -2.24. The zero-order valence-electron chi connectivity index (χ0n) is 19.2. The molecule has 6 heteroatoms. The van der Waals surface area contributed by atoms with E-state index in [1.54, 1.807) is 6.92 Å². The van der Waals surface area contributed by atoms with Crippen LogP contribution in [0.4, 0.5) is 0 Å². The molecule has 0 radical (unpaired) electrons. The number of aliphatic hydroxyl groups is 1. The van der Waals surface area contributed by atoms with Gasteiger partial charge in [-0.15, -0.1) is 0 Å². The number of hydrogen-bond acceptors (Lipinski definition) is 4. The molecular weight excluding hydrogens is 392 g/mol. The highest BCUT2D eigenvalue weighted by Crippen LogP contribution is 2.24. The first-order valence-electron chi connectivity index (χ1n) is 10.4. The highest BCUT2D eigenvalue weighted by Gasteiger charge is 2.17. The minimum absolute atomic E-state index is 0.107. The van der Waals surface area contributed by atoms with Crippen LogP contribution >= 0.6 is 0 Å². The average Bonchev–Trinajstić information content (AvgIpc) is 3.10. The molecule has 0 spiro atoms. The fourth-order valence-corrected chi connectivity index (χ4v) is 3.60. The number of aliphatic hydroxyl groups excluding tert-OH is 1. The van der Waals surface area contributed by atoms with Crippen molar-refractivity contribution in [3.63, 3.8) is 0 Å². The maximum atomic E-state index is 12.7. The molecule has 1 atom stereocenters. The van der Waals surface area contributed by atoms with Crippen LogP contribution in [0.15, 0.2) is 42.5 Å². The number of esters is 1. The monoisotopic (exact) mass is 424 g/mol. The molecule has 2 N–H and O–H groups in total. The number of fused-ring (bicyclic) bond motifs is 1. The predicted molar refractivity (Wildman–Crippen MR) is 123 cm³/mol. The Balaban J connectivity index is 0.00000166.